The Morgan fingerprint density at radius 1 is 1.22 bits per heavy atom. The summed E-state index contributed by atoms with van der Waals surface area (Å²) in [6.45, 7) is 6.15. The maximum absolute atomic E-state index is 9.55. The van der Waals surface area contributed by atoms with Crippen molar-refractivity contribution in [2.24, 2.45) is 0 Å². The van der Waals surface area contributed by atoms with E-state index in [-0.39, 0.29) is 0 Å². The van der Waals surface area contributed by atoms with Crippen molar-refractivity contribution in [3.8, 4) is 28.4 Å². The zero-order valence-corrected chi connectivity index (χ0v) is 16.6. The first-order valence-electron chi connectivity index (χ1n) is 8.90. The standard InChI is InChI=1S/C21H22N4OS/c1-4-25(3)11-10-17-13-18(14-22)19(12-15(17)2)26-21-23-20(24-27-21)16-8-6-5-7-9-16/h5-9,12-13H,4,10-11H2,1-3H3. The first-order valence-corrected chi connectivity index (χ1v) is 9.67. The number of ether oxygens (including phenoxy) is 1. The predicted molar refractivity (Wildman–Crippen MR) is 108 cm³/mol. The van der Waals surface area contributed by atoms with Crippen LogP contribution in [0.4, 0.5) is 0 Å². The molecule has 0 saturated heterocycles. The highest BCUT2D eigenvalue weighted by molar-refractivity contribution is 7.07. The van der Waals surface area contributed by atoms with Gasteiger partial charge in [-0.25, -0.2) is 0 Å². The number of likely N-dealkylation sites (N-methyl/N-ethyl adjacent to an activating group) is 1. The highest BCUT2D eigenvalue weighted by Gasteiger charge is 2.13. The van der Waals surface area contributed by atoms with Crippen LogP contribution in [0.15, 0.2) is 42.5 Å². The van der Waals surface area contributed by atoms with Crippen LogP contribution in [0.1, 0.15) is 23.6 Å². The minimum Gasteiger partial charge on any atom is -0.428 e. The lowest BCUT2D eigenvalue weighted by atomic mass is 10.0. The Bertz CT molecular complexity index is 947. The fourth-order valence-corrected chi connectivity index (χ4v) is 3.25. The second-order valence-electron chi connectivity index (χ2n) is 6.38. The predicted octanol–water partition coefficient (Wildman–Crippen LogP) is 4.67. The molecule has 0 spiro atoms. The number of hydrogen-bond donors (Lipinski definition) is 0. The van der Waals surface area contributed by atoms with Gasteiger partial charge in [-0.2, -0.15) is 14.6 Å². The van der Waals surface area contributed by atoms with Gasteiger partial charge in [-0.15, -0.1) is 0 Å². The van der Waals surface area contributed by atoms with Crippen molar-refractivity contribution < 1.29 is 4.74 Å². The average Bonchev–Trinajstić information content (AvgIpc) is 3.16. The van der Waals surface area contributed by atoms with E-state index in [2.05, 4.69) is 34.3 Å². The Labute approximate surface area is 164 Å². The van der Waals surface area contributed by atoms with Crippen molar-refractivity contribution in [3.63, 3.8) is 0 Å². The van der Waals surface area contributed by atoms with Gasteiger partial charge >= 0.3 is 0 Å². The Hall–Kier alpha value is -2.75. The van der Waals surface area contributed by atoms with Crippen LogP contribution in [0.2, 0.25) is 0 Å². The fraction of sp³-hybridized carbons (Fsp3) is 0.286. The van der Waals surface area contributed by atoms with E-state index in [0.29, 0.717) is 22.3 Å². The van der Waals surface area contributed by atoms with Crippen LogP contribution >= 0.6 is 11.5 Å². The van der Waals surface area contributed by atoms with E-state index in [1.54, 1.807) is 0 Å². The van der Waals surface area contributed by atoms with Gasteiger partial charge in [0.25, 0.3) is 5.19 Å². The Morgan fingerprint density at radius 2 is 2.00 bits per heavy atom. The van der Waals surface area contributed by atoms with Crippen molar-refractivity contribution in [2.45, 2.75) is 20.3 Å². The third kappa shape index (κ3) is 4.70. The van der Waals surface area contributed by atoms with Crippen LogP contribution < -0.4 is 4.74 Å². The average molecular weight is 379 g/mol. The van der Waals surface area contributed by atoms with Crippen LogP contribution in [-0.2, 0) is 6.42 Å². The Kier molecular flexibility index (Phi) is 6.17. The summed E-state index contributed by atoms with van der Waals surface area (Å²) in [5.41, 5.74) is 3.74. The zero-order chi connectivity index (χ0) is 19.2. The molecular formula is C21H22N4OS. The molecule has 0 atom stereocenters. The second kappa shape index (κ2) is 8.76. The van der Waals surface area contributed by atoms with Gasteiger partial charge in [0.05, 0.1) is 5.56 Å². The lowest BCUT2D eigenvalue weighted by Crippen LogP contribution is -2.20. The van der Waals surface area contributed by atoms with Crippen molar-refractivity contribution in [2.75, 3.05) is 20.1 Å². The van der Waals surface area contributed by atoms with E-state index in [4.69, 9.17) is 4.74 Å². The summed E-state index contributed by atoms with van der Waals surface area (Å²) in [7, 11) is 2.10. The summed E-state index contributed by atoms with van der Waals surface area (Å²) in [6.07, 6.45) is 0.905. The number of aryl methyl sites for hydroxylation is 1. The quantitative estimate of drug-likeness (QED) is 0.598. The van der Waals surface area contributed by atoms with E-state index in [1.165, 1.54) is 17.1 Å². The molecule has 0 aliphatic heterocycles. The minimum atomic E-state index is 0.434. The smallest absolute Gasteiger partial charge is 0.299 e. The molecular weight excluding hydrogens is 356 g/mol. The van der Waals surface area contributed by atoms with Crippen LogP contribution in [0, 0.1) is 18.3 Å². The van der Waals surface area contributed by atoms with Crippen molar-refractivity contribution in [1.82, 2.24) is 14.3 Å². The summed E-state index contributed by atoms with van der Waals surface area (Å²) in [5, 5.41) is 9.98. The van der Waals surface area contributed by atoms with Gasteiger partial charge in [-0.05, 0) is 50.2 Å². The molecule has 2 aromatic carbocycles. The van der Waals surface area contributed by atoms with Gasteiger partial charge in [0, 0.05) is 23.6 Å². The van der Waals surface area contributed by atoms with Crippen LogP contribution in [0.3, 0.4) is 0 Å². The number of hydrogen-bond acceptors (Lipinski definition) is 6. The topological polar surface area (TPSA) is 62.0 Å². The van der Waals surface area contributed by atoms with Crippen LogP contribution in [-0.4, -0.2) is 34.4 Å². The van der Waals surface area contributed by atoms with Gasteiger partial charge in [-0.1, -0.05) is 37.3 Å². The Balaban J connectivity index is 1.80. The van der Waals surface area contributed by atoms with Gasteiger partial charge in [0.15, 0.2) is 5.82 Å². The first-order chi connectivity index (χ1) is 13.1. The molecule has 3 rings (SSSR count). The molecule has 0 aliphatic carbocycles. The van der Waals surface area contributed by atoms with E-state index in [1.807, 2.05) is 49.4 Å². The molecule has 6 heteroatoms. The molecule has 0 amide bonds. The molecule has 0 unspecified atom stereocenters. The summed E-state index contributed by atoms with van der Waals surface area (Å²) >= 11 is 1.19. The highest BCUT2D eigenvalue weighted by atomic mass is 32.1. The van der Waals surface area contributed by atoms with Crippen LogP contribution in [0.25, 0.3) is 11.4 Å². The van der Waals surface area contributed by atoms with E-state index in [9.17, 15) is 5.26 Å². The maximum Gasteiger partial charge on any atom is 0.299 e. The molecule has 0 saturated carbocycles. The molecule has 0 aliphatic rings. The first kappa shape index (κ1) is 19.0. The van der Waals surface area contributed by atoms with E-state index < -0.39 is 0 Å². The third-order valence-corrected chi connectivity index (χ3v) is 5.09. The molecule has 0 fully saturated rings. The number of benzene rings is 2. The summed E-state index contributed by atoms with van der Waals surface area (Å²) in [4.78, 5) is 6.70. The monoisotopic (exact) mass is 378 g/mol. The molecule has 138 valence electrons. The highest BCUT2D eigenvalue weighted by Crippen LogP contribution is 2.31. The fourth-order valence-electron chi connectivity index (χ4n) is 2.69. The zero-order valence-electron chi connectivity index (χ0n) is 15.8. The largest absolute Gasteiger partial charge is 0.428 e. The summed E-state index contributed by atoms with van der Waals surface area (Å²) < 4.78 is 10.3. The molecule has 1 aromatic heterocycles. The number of rotatable bonds is 7. The van der Waals surface area contributed by atoms with E-state index >= 15 is 0 Å². The third-order valence-electron chi connectivity index (χ3n) is 4.50. The number of nitriles is 1. The molecule has 5 nitrogen and oxygen atoms in total. The number of aromatic nitrogens is 2. The molecule has 3 aromatic rings. The van der Waals surface area contributed by atoms with Gasteiger partial charge < -0.3 is 9.64 Å². The normalized spacial score (nSPS) is 10.8. The van der Waals surface area contributed by atoms with Crippen LogP contribution in [0.5, 0.6) is 10.9 Å². The molecule has 0 radical (unpaired) electrons. The SMILES string of the molecule is CCN(C)CCc1cc(C#N)c(Oc2nc(-c3ccccc3)ns2)cc1C. The van der Waals surface area contributed by atoms with E-state index in [0.717, 1.165) is 30.6 Å². The molecule has 0 N–H and O–H groups in total. The van der Waals surface area contributed by atoms with Crippen molar-refractivity contribution in [1.29, 1.82) is 5.26 Å². The summed E-state index contributed by atoms with van der Waals surface area (Å²) in [6, 6.07) is 15.8. The van der Waals surface area contributed by atoms with Crippen molar-refractivity contribution >= 4 is 11.5 Å². The lowest BCUT2D eigenvalue weighted by Gasteiger charge is -2.15. The van der Waals surface area contributed by atoms with Gasteiger partial charge in [0.2, 0.25) is 0 Å². The minimum absolute atomic E-state index is 0.434. The van der Waals surface area contributed by atoms with Gasteiger partial charge in [-0.3, -0.25) is 0 Å². The lowest BCUT2D eigenvalue weighted by molar-refractivity contribution is 0.357. The van der Waals surface area contributed by atoms with Gasteiger partial charge in [0.1, 0.15) is 11.8 Å². The maximum atomic E-state index is 9.55. The van der Waals surface area contributed by atoms with Crippen molar-refractivity contribution in [3.05, 3.63) is 59.2 Å². The molecule has 0 bridgehead atoms. The number of nitrogens with zero attached hydrogens (tertiary/aromatic N) is 4. The second-order valence-corrected chi connectivity index (χ2v) is 7.10. The molecule has 27 heavy (non-hydrogen) atoms. The Morgan fingerprint density at radius 3 is 2.70 bits per heavy atom. The molecule has 1 heterocycles. The summed E-state index contributed by atoms with van der Waals surface area (Å²) in [5.74, 6) is 1.16.